The zero-order valence-electron chi connectivity index (χ0n) is 84.2. The van der Waals surface area contributed by atoms with E-state index in [0.717, 1.165) is 164 Å². The number of para-hydroxylation sites is 9. The summed E-state index contributed by atoms with van der Waals surface area (Å²) in [5.74, 6) is 1.76. The first kappa shape index (κ1) is 65.4. The van der Waals surface area contributed by atoms with Crippen LogP contribution in [0.1, 0.15) is 16.4 Å². The zero-order valence-corrected chi connectivity index (χ0v) is 73.0. The number of fused-ring (bicyclic) bond motifs is 25. The Hall–Kier alpha value is -18.1. The van der Waals surface area contributed by atoms with Crippen LogP contribution in [0.2, 0.25) is 0 Å². The third-order valence-corrected chi connectivity index (χ3v) is 27.8. The first-order valence-electron chi connectivity index (χ1n) is 51.1. The number of rotatable bonds is 8. The molecule has 30 rings (SSSR count). The first-order chi connectivity index (χ1) is 72.4. The van der Waals surface area contributed by atoms with E-state index >= 15 is 0 Å². The van der Waals surface area contributed by atoms with Crippen LogP contribution in [-0.4, -0.2) is 52.7 Å². The maximum absolute atomic E-state index is 9.43. The lowest BCUT2D eigenvalue weighted by atomic mass is 10.0. The van der Waals surface area contributed by atoms with Gasteiger partial charge >= 0.3 is 0 Å². The number of hydrogen-bond acceptors (Lipinski definition) is 7. The molecule has 0 saturated carbocycles. The van der Waals surface area contributed by atoms with Gasteiger partial charge in [-0.3, -0.25) is 13.7 Å². The van der Waals surface area contributed by atoms with Crippen molar-refractivity contribution in [3.63, 3.8) is 0 Å². The average molecular weight is 1760 g/mol. The van der Waals surface area contributed by atoms with Crippen molar-refractivity contribution in [3.8, 4) is 63.0 Å². The van der Waals surface area contributed by atoms with Crippen LogP contribution in [0.5, 0.6) is 0 Å². The number of nitrogens with zero attached hydrogens (tertiary/aromatic N) is 11. The molecule has 9 aromatic heterocycles. The van der Waals surface area contributed by atoms with Gasteiger partial charge in [0.1, 0.15) is 0 Å². The summed E-state index contributed by atoms with van der Waals surface area (Å²) >= 11 is 1.83. The summed E-state index contributed by atoms with van der Waals surface area (Å²) in [6.45, 7) is 0. The first-order valence-corrected chi connectivity index (χ1v) is 45.9. The number of thiophene rings is 1. The molecule has 0 atom stereocenters. The van der Waals surface area contributed by atoms with Gasteiger partial charge in [0.25, 0.3) is 0 Å². The van der Waals surface area contributed by atoms with Crippen LogP contribution in [0.15, 0.2) is 455 Å². The Bertz CT molecular complexity index is 11100. The zero-order chi connectivity index (χ0) is 99.6. The smallest absolute Gasteiger partial charge is 0.235 e. The molecule has 0 bridgehead atoms. The molecule has 0 amide bonds. The van der Waals surface area contributed by atoms with Gasteiger partial charge in [0.05, 0.1) is 105 Å². The van der Waals surface area contributed by atoms with Crippen molar-refractivity contribution < 1.29 is 16.4 Å². The fraction of sp³-hybridized carbons (Fsp3) is 0. The molecule has 0 aliphatic carbocycles. The summed E-state index contributed by atoms with van der Waals surface area (Å²) in [7, 11) is 0. The topological polar surface area (TPSA) is 102 Å². The largest absolute Gasteiger partial charge is 0.309 e. The summed E-state index contributed by atoms with van der Waals surface area (Å²) in [6, 6.07) is 127. The molecule has 0 N–H and O–H groups in total. The van der Waals surface area contributed by atoms with Crippen molar-refractivity contribution >= 4 is 216 Å². The molecular formula is C124H75N11S. The minimum Gasteiger partial charge on any atom is -0.309 e. The summed E-state index contributed by atoms with van der Waals surface area (Å²) in [5.41, 5.74) is 16.9. The molecule has 0 fully saturated rings. The van der Waals surface area contributed by atoms with Gasteiger partial charge in [-0.05, 0) is 183 Å². The van der Waals surface area contributed by atoms with Gasteiger partial charge in [-0.1, -0.05) is 315 Å². The molecule has 0 aliphatic rings. The quantitative estimate of drug-likeness (QED) is 0.150. The van der Waals surface area contributed by atoms with Crippen LogP contribution in [0.25, 0.3) is 268 Å². The summed E-state index contributed by atoms with van der Waals surface area (Å²) in [6.07, 6.45) is 0. The molecule has 632 valence electrons. The second-order valence-electron chi connectivity index (χ2n) is 34.3. The van der Waals surface area contributed by atoms with Crippen molar-refractivity contribution in [2.24, 2.45) is 0 Å². The van der Waals surface area contributed by atoms with Gasteiger partial charge in [-0.15, -0.1) is 11.3 Å². The molecule has 0 radical (unpaired) electrons. The van der Waals surface area contributed by atoms with Crippen molar-refractivity contribution in [2.75, 3.05) is 0 Å². The lowest BCUT2D eigenvalue weighted by Gasteiger charge is -2.13. The lowest BCUT2D eigenvalue weighted by Crippen LogP contribution is -2.03. The molecular weight excluding hydrogens is 1680 g/mol. The third-order valence-electron chi connectivity index (χ3n) is 26.7. The highest BCUT2D eigenvalue weighted by molar-refractivity contribution is 7.25. The van der Waals surface area contributed by atoms with E-state index in [1.807, 2.05) is 169 Å². The van der Waals surface area contributed by atoms with E-state index in [0.29, 0.717) is 34.6 Å². The SMILES string of the molecule is [2H]c1c([2H])c([2H])c(-n2c3ccccc3c3cc(-c4nc(-n5c6ccccc6c6cc7ccccc7cc65)nc5ccccc45)ccc32)c([2H])c1[2H].[2H]c1c([2H])c([2H])c2c([2H])c(-n3c4ccccc4c4ccc(-c5nc(-n6c7ccccc7c7cc8ccccc8cc76)nc6ccccc56)cc43)c([2H])c([2H])c2c1[2H].c1ccc2cc3c(cc2c1)c1ccccc1n3-c1nc(-c2ccc3c(c2)sc2ccccc23)c2ccccc2n1. The summed E-state index contributed by atoms with van der Waals surface area (Å²) < 4.78 is 117. The van der Waals surface area contributed by atoms with Gasteiger partial charge in [-0.2, -0.15) is 0 Å². The van der Waals surface area contributed by atoms with E-state index in [1.165, 1.54) is 47.1 Å². The molecule has 12 heteroatoms. The van der Waals surface area contributed by atoms with E-state index < -0.39 is 30.2 Å². The van der Waals surface area contributed by atoms with Crippen LogP contribution >= 0.6 is 11.3 Å². The van der Waals surface area contributed by atoms with Crippen molar-refractivity contribution in [1.82, 2.24) is 52.7 Å². The number of hydrogen-bond donors (Lipinski definition) is 0. The third kappa shape index (κ3) is 12.3. The van der Waals surface area contributed by atoms with E-state index in [9.17, 15) is 2.74 Å². The summed E-state index contributed by atoms with van der Waals surface area (Å²) in [5, 5.41) is 22.5. The summed E-state index contributed by atoms with van der Waals surface area (Å²) in [4.78, 5) is 31.4. The number of benzene rings is 21. The van der Waals surface area contributed by atoms with Crippen LogP contribution in [0, 0.1) is 0 Å². The van der Waals surface area contributed by atoms with Crippen molar-refractivity contribution in [3.05, 3.63) is 455 Å². The normalized spacial score (nSPS) is 13.2. The molecule has 9 heterocycles. The molecule has 0 saturated heterocycles. The van der Waals surface area contributed by atoms with Crippen molar-refractivity contribution in [2.45, 2.75) is 0 Å². The fourth-order valence-electron chi connectivity index (χ4n) is 20.6. The maximum atomic E-state index is 9.43. The Kier molecular flexibility index (Phi) is 14.8. The molecule has 21 aromatic carbocycles. The van der Waals surface area contributed by atoms with Crippen molar-refractivity contribution in [1.29, 1.82) is 0 Å². The Morgan fingerprint density at radius 1 is 0.184 bits per heavy atom. The molecule has 30 aromatic rings. The van der Waals surface area contributed by atoms with E-state index in [2.05, 4.69) is 238 Å². The second kappa shape index (κ2) is 30.8. The van der Waals surface area contributed by atoms with Crippen LogP contribution in [0.3, 0.4) is 0 Å². The maximum Gasteiger partial charge on any atom is 0.235 e. The highest BCUT2D eigenvalue weighted by atomic mass is 32.1. The van der Waals surface area contributed by atoms with Crippen LogP contribution in [-0.2, 0) is 0 Å². The number of aromatic nitrogens is 11. The minimum absolute atomic E-state index is 0.0617. The fourth-order valence-corrected chi connectivity index (χ4v) is 21.7. The van der Waals surface area contributed by atoms with Gasteiger partial charge in [0.15, 0.2) is 0 Å². The van der Waals surface area contributed by atoms with Crippen LogP contribution in [0.4, 0.5) is 0 Å². The molecule has 136 heavy (non-hydrogen) atoms. The van der Waals surface area contributed by atoms with Gasteiger partial charge in [0.2, 0.25) is 17.8 Å². The van der Waals surface area contributed by atoms with Gasteiger partial charge in [-0.25, -0.2) is 29.9 Å². The molecule has 0 aliphatic heterocycles. The standard InChI is InChI=1S/C46H28N4.C42H26N4.C36H21N3S/c1-2-12-30-25-34(23-21-29(30)11-1)49-41-19-9-6-15-35(41)37-24-22-33(28-43(37)49)45-38-17-5-8-18-40(38)47-46(48-45)50-42-20-10-7-16-36(42)39-26-31-13-3-4-14-32(31)27-44(39)50;1-2-14-30(15-3-1)45-37-20-10-7-16-31(37)34-25-29(22-23-39(34)45)41-33-18-6-9-19-36(33)43-42(44-41)46-38-21-11-8-17-32(38)35-24-27-12-4-5-13-28(27)26-40(35)46;1-2-10-23-20-32-29(19-22(23)9-1)25-11-4-7-15-31(25)39(32)36-37-30-14-6-3-13-28(30)35(38-36)24-17-18-27-26-12-5-8-16-33(26)40-34(27)21-24/h1-28H;1-26H;1-21H/i1D,2D,11D,12D,21D,23D,25D;1D,2D,3D,14D,15D;. The Morgan fingerprint density at radius 3 is 0.971 bits per heavy atom. The monoisotopic (exact) mass is 1760 g/mol. The predicted octanol–water partition coefficient (Wildman–Crippen LogP) is 32.4. The van der Waals surface area contributed by atoms with E-state index in [-0.39, 0.29) is 64.4 Å². The predicted molar refractivity (Wildman–Crippen MR) is 570 cm³/mol. The second-order valence-corrected chi connectivity index (χ2v) is 35.4. The van der Waals surface area contributed by atoms with Gasteiger partial charge < -0.3 is 9.13 Å². The molecule has 0 unspecified atom stereocenters. The lowest BCUT2D eigenvalue weighted by molar-refractivity contribution is 1.01. The molecule has 0 spiro atoms. The average Bonchev–Trinajstić information content (AvgIpc) is 1.42. The Morgan fingerprint density at radius 2 is 0.500 bits per heavy atom. The molecule has 11 nitrogen and oxygen atoms in total. The highest BCUT2D eigenvalue weighted by Gasteiger charge is 2.26. The van der Waals surface area contributed by atoms with E-state index in [1.54, 1.807) is 9.13 Å². The van der Waals surface area contributed by atoms with E-state index in [4.69, 9.17) is 43.6 Å². The van der Waals surface area contributed by atoms with Crippen LogP contribution < -0.4 is 0 Å². The Labute approximate surface area is 798 Å². The highest BCUT2D eigenvalue weighted by Crippen LogP contribution is 2.46. The van der Waals surface area contributed by atoms with Gasteiger partial charge in [0, 0.05) is 118 Å². The minimum atomic E-state index is -0.500. The Balaban J connectivity index is 0.000000109.